The van der Waals surface area contributed by atoms with E-state index in [-0.39, 0.29) is 12.1 Å². The molecule has 108 valence electrons. The molecule has 2 heterocycles. The van der Waals surface area contributed by atoms with E-state index in [2.05, 4.69) is 15.8 Å². The van der Waals surface area contributed by atoms with Crippen LogP contribution >= 0.6 is 0 Å². The van der Waals surface area contributed by atoms with E-state index in [9.17, 15) is 4.79 Å². The molecule has 2 amide bonds. The van der Waals surface area contributed by atoms with Crippen LogP contribution in [0.3, 0.4) is 0 Å². The van der Waals surface area contributed by atoms with Crippen LogP contribution in [-0.4, -0.2) is 23.8 Å². The predicted molar refractivity (Wildman–Crippen MR) is 74.2 cm³/mol. The zero-order valence-corrected chi connectivity index (χ0v) is 11.5. The summed E-state index contributed by atoms with van der Waals surface area (Å²) < 4.78 is 10.3. The van der Waals surface area contributed by atoms with Gasteiger partial charge in [0.05, 0.1) is 11.8 Å². The number of anilines is 1. The second-order valence-corrected chi connectivity index (χ2v) is 4.61. The van der Waals surface area contributed by atoms with Gasteiger partial charge in [0.1, 0.15) is 5.76 Å². The second-order valence-electron chi connectivity index (χ2n) is 4.61. The van der Waals surface area contributed by atoms with Gasteiger partial charge in [0.25, 0.3) is 0 Å². The third-order valence-electron chi connectivity index (χ3n) is 2.76. The highest BCUT2D eigenvalue weighted by molar-refractivity contribution is 5.88. The first-order valence-electron chi connectivity index (χ1n) is 6.38. The first-order valence-corrected chi connectivity index (χ1v) is 6.38. The third kappa shape index (κ3) is 3.61. The van der Waals surface area contributed by atoms with Crippen LogP contribution in [0.4, 0.5) is 10.6 Å². The summed E-state index contributed by atoms with van der Waals surface area (Å²) in [5.74, 6) is 1.62. The van der Waals surface area contributed by atoms with Gasteiger partial charge in [-0.05, 0) is 26.3 Å². The summed E-state index contributed by atoms with van der Waals surface area (Å²) in [7, 11) is 0. The predicted octanol–water partition coefficient (Wildman–Crippen LogP) is 2.10. The smallest absolute Gasteiger partial charge is 0.320 e. The number of carbonyl (C=O) groups is 1. The molecule has 7 heteroatoms. The van der Waals surface area contributed by atoms with E-state index in [0.717, 1.165) is 11.3 Å². The molecule has 0 radical (unpaired) electrons. The quantitative estimate of drug-likeness (QED) is 0.776. The van der Waals surface area contributed by atoms with Gasteiger partial charge in [-0.25, -0.2) is 4.79 Å². The van der Waals surface area contributed by atoms with Gasteiger partial charge < -0.3 is 20.0 Å². The molecule has 0 spiro atoms. The van der Waals surface area contributed by atoms with Gasteiger partial charge in [-0.15, -0.1) is 0 Å². The lowest BCUT2D eigenvalue weighted by atomic mass is 10.2. The minimum atomic E-state index is -0.339. The molecule has 2 aromatic rings. The maximum atomic E-state index is 11.6. The fourth-order valence-electron chi connectivity index (χ4n) is 1.68. The van der Waals surface area contributed by atoms with Crippen LogP contribution in [0.25, 0.3) is 11.3 Å². The molecule has 2 rings (SSSR count). The highest BCUT2D eigenvalue weighted by Gasteiger charge is 2.12. The number of hydrogen-bond acceptors (Lipinski definition) is 5. The zero-order valence-electron chi connectivity index (χ0n) is 11.5. The summed E-state index contributed by atoms with van der Waals surface area (Å²) in [5.41, 5.74) is 6.40. The molecule has 7 nitrogen and oxygen atoms in total. The van der Waals surface area contributed by atoms with E-state index in [1.54, 1.807) is 18.4 Å². The Hall–Kier alpha value is -2.28. The van der Waals surface area contributed by atoms with Crippen LogP contribution in [-0.2, 0) is 0 Å². The Balaban J connectivity index is 1.90. The van der Waals surface area contributed by atoms with Crippen molar-refractivity contribution in [3.63, 3.8) is 0 Å². The second kappa shape index (κ2) is 6.25. The maximum absolute atomic E-state index is 11.6. The highest BCUT2D eigenvalue weighted by atomic mass is 16.5. The lowest BCUT2D eigenvalue weighted by Gasteiger charge is -2.06. The maximum Gasteiger partial charge on any atom is 0.320 e. The van der Waals surface area contributed by atoms with Gasteiger partial charge in [-0.1, -0.05) is 5.16 Å². The van der Waals surface area contributed by atoms with Crippen molar-refractivity contribution in [2.45, 2.75) is 26.3 Å². The number of aromatic nitrogens is 1. The number of carbonyl (C=O) groups excluding carboxylic acids is 1. The van der Waals surface area contributed by atoms with Gasteiger partial charge in [0, 0.05) is 18.7 Å². The van der Waals surface area contributed by atoms with E-state index < -0.39 is 0 Å². The minimum absolute atomic E-state index is 0.0537. The Labute approximate surface area is 116 Å². The number of nitrogens with one attached hydrogen (secondary N) is 2. The Morgan fingerprint density at radius 2 is 2.35 bits per heavy atom. The first-order chi connectivity index (χ1) is 9.56. The first kappa shape index (κ1) is 14.1. The van der Waals surface area contributed by atoms with Crippen molar-refractivity contribution in [1.29, 1.82) is 0 Å². The van der Waals surface area contributed by atoms with E-state index in [1.807, 2.05) is 13.8 Å². The standard InChI is InChI=1S/C13H18N4O3/c1-8(14)3-5-15-13(18)16-12-7-11(20-17-12)10-4-6-19-9(10)2/h4,6-8H,3,5,14H2,1-2H3,(H2,15,16,17,18). The summed E-state index contributed by atoms with van der Waals surface area (Å²) in [4.78, 5) is 11.6. The van der Waals surface area contributed by atoms with Crippen molar-refractivity contribution in [1.82, 2.24) is 10.5 Å². The SMILES string of the molecule is Cc1occc1-c1cc(NC(=O)NCCC(C)N)no1. The van der Waals surface area contributed by atoms with E-state index >= 15 is 0 Å². The van der Waals surface area contributed by atoms with Crippen LogP contribution < -0.4 is 16.4 Å². The largest absolute Gasteiger partial charge is 0.469 e. The van der Waals surface area contributed by atoms with Gasteiger partial charge in [-0.3, -0.25) is 5.32 Å². The van der Waals surface area contributed by atoms with Crippen LogP contribution in [0.15, 0.2) is 27.3 Å². The number of amides is 2. The molecule has 0 aliphatic rings. The third-order valence-corrected chi connectivity index (χ3v) is 2.76. The normalized spacial score (nSPS) is 12.2. The molecular formula is C13H18N4O3. The molecule has 0 aliphatic carbocycles. The molecule has 4 N–H and O–H groups in total. The molecule has 0 saturated heterocycles. The monoisotopic (exact) mass is 278 g/mol. The topological polar surface area (TPSA) is 106 Å². The Morgan fingerprint density at radius 3 is 3.00 bits per heavy atom. The Bertz CT molecular complexity index is 574. The Morgan fingerprint density at radius 1 is 1.55 bits per heavy atom. The molecule has 0 aromatic carbocycles. The van der Waals surface area contributed by atoms with Gasteiger partial charge >= 0.3 is 6.03 Å². The number of aryl methyl sites for hydroxylation is 1. The zero-order chi connectivity index (χ0) is 14.5. The van der Waals surface area contributed by atoms with Crippen molar-refractivity contribution in [3.8, 4) is 11.3 Å². The van der Waals surface area contributed by atoms with Gasteiger partial charge in [-0.2, -0.15) is 0 Å². The molecule has 1 unspecified atom stereocenters. The average molecular weight is 278 g/mol. The average Bonchev–Trinajstić information content (AvgIpc) is 2.97. The summed E-state index contributed by atoms with van der Waals surface area (Å²) in [6.45, 7) is 4.22. The summed E-state index contributed by atoms with van der Waals surface area (Å²) >= 11 is 0. The molecule has 1 atom stereocenters. The molecule has 0 fully saturated rings. The van der Waals surface area contributed by atoms with Crippen molar-refractivity contribution in [2.75, 3.05) is 11.9 Å². The van der Waals surface area contributed by atoms with Gasteiger partial charge in [0.15, 0.2) is 11.6 Å². The molecule has 20 heavy (non-hydrogen) atoms. The molecule has 0 aliphatic heterocycles. The van der Waals surface area contributed by atoms with Crippen LogP contribution in [0.2, 0.25) is 0 Å². The van der Waals surface area contributed by atoms with Crippen molar-refractivity contribution in [3.05, 3.63) is 24.2 Å². The van der Waals surface area contributed by atoms with E-state index in [1.165, 1.54) is 0 Å². The molecule has 0 saturated carbocycles. The van der Waals surface area contributed by atoms with Crippen molar-refractivity contribution in [2.24, 2.45) is 5.73 Å². The number of furan rings is 1. The molecule has 2 aromatic heterocycles. The van der Waals surface area contributed by atoms with E-state index in [0.29, 0.717) is 24.5 Å². The number of rotatable bonds is 5. The van der Waals surface area contributed by atoms with Crippen LogP contribution in [0.1, 0.15) is 19.1 Å². The summed E-state index contributed by atoms with van der Waals surface area (Å²) in [6, 6.07) is 3.14. The summed E-state index contributed by atoms with van der Waals surface area (Å²) in [6.07, 6.45) is 2.28. The lowest BCUT2D eigenvalue weighted by Crippen LogP contribution is -2.32. The summed E-state index contributed by atoms with van der Waals surface area (Å²) in [5, 5.41) is 9.06. The number of nitrogens with two attached hydrogens (primary N) is 1. The number of hydrogen-bond donors (Lipinski definition) is 3. The highest BCUT2D eigenvalue weighted by Crippen LogP contribution is 2.26. The Kier molecular flexibility index (Phi) is 4.41. The fraction of sp³-hybridized carbons (Fsp3) is 0.385. The molecule has 0 bridgehead atoms. The minimum Gasteiger partial charge on any atom is -0.469 e. The van der Waals surface area contributed by atoms with E-state index in [4.69, 9.17) is 14.7 Å². The fourth-order valence-corrected chi connectivity index (χ4v) is 1.68. The lowest BCUT2D eigenvalue weighted by molar-refractivity contribution is 0.251. The van der Waals surface area contributed by atoms with Crippen molar-refractivity contribution < 1.29 is 13.7 Å². The molecular weight excluding hydrogens is 260 g/mol. The number of nitrogens with zero attached hydrogens (tertiary/aromatic N) is 1. The van der Waals surface area contributed by atoms with Crippen LogP contribution in [0.5, 0.6) is 0 Å². The van der Waals surface area contributed by atoms with Crippen molar-refractivity contribution >= 4 is 11.8 Å². The van der Waals surface area contributed by atoms with Gasteiger partial charge in [0.2, 0.25) is 0 Å². The number of urea groups is 1. The van der Waals surface area contributed by atoms with Crippen LogP contribution in [0, 0.1) is 6.92 Å².